The van der Waals surface area contributed by atoms with Gasteiger partial charge in [-0.2, -0.15) is 0 Å². The van der Waals surface area contributed by atoms with E-state index in [-0.39, 0.29) is 19.7 Å². The Labute approximate surface area is 704 Å². The molecule has 0 saturated carbocycles. The van der Waals surface area contributed by atoms with Crippen LogP contribution in [0.2, 0.25) is 0 Å². The number of aryl methyl sites for hydroxylation is 3. The molecule has 0 bridgehead atoms. The number of para-hydroxylation sites is 8. The molecule has 0 saturated heterocycles. The van der Waals surface area contributed by atoms with Crippen LogP contribution in [-0.4, -0.2) is 45.1 Å². The van der Waals surface area contributed by atoms with Crippen LogP contribution in [0, 0.1) is 24.3 Å². The molecule has 17 heteroatoms. The molecule has 0 radical (unpaired) electrons. The van der Waals surface area contributed by atoms with Crippen molar-refractivity contribution in [2.75, 3.05) is 0 Å². The van der Waals surface area contributed by atoms with Crippen molar-refractivity contribution in [3.63, 3.8) is 0 Å². The summed E-state index contributed by atoms with van der Waals surface area (Å²) < 4.78 is 68.7. The number of nitrogens with zero attached hydrogens (tertiary/aromatic N) is 5. The molecule has 576 valence electrons. The zero-order valence-corrected chi connectivity index (χ0v) is 69.7. The number of aromatic nitrogens is 4. The Morgan fingerprint density at radius 2 is 0.625 bits per heavy atom. The van der Waals surface area contributed by atoms with Crippen LogP contribution in [0.3, 0.4) is 0 Å². The van der Waals surface area contributed by atoms with E-state index in [9.17, 15) is 5.72 Å². The van der Waals surface area contributed by atoms with Gasteiger partial charge in [0.1, 0.15) is 0 Å². The molecule has 12 heterocycles. The Morgan fingerprint density at radius 3 is 1.09 bits per heavy atom. The fourth-order valence-corrected chi connectivity index (χ4v) is 28.9. The molecule has 0 amide bonds. The average molecular weight is 1790 g/mol. The van der Waals surface area contributed by atoms with Gasteiger partial charge in [-0.05, 0) is 143 Å². The number of hydrogen-bond donors (Lipinski definition) is 0. The first kappa shape index (κ1) is 73.0. The Morgan fingerprint density at radius 1 is 0.283 bits per heavy atom. The smallest absolute Gasteiger partial charge is 1.00 e. The first-order valence-electron chi connectivity index (χ1n) is 40.8. The third-order valence-corrected chi connectivity index (χ3v) is 35.3. The summed E-state index contributed by atoms with van der Waals surface area (Å²) >= 11 is -11.0. The predicted molar refractivity (Wildman–Crippen MR) is 507 cm³/mol. The van der Waals surface area contributed by atoms with Crippen LogP contribution in [-0.2, 0) is 25.7 Å². The van der Waals surface area contributed by atoms with Gasteiger partial charge in [0, 0.05) is 65.9 Å². The average Bonchev–Trinajstić information content (AvgIpc) is 1.52. The molecule has 4 aromatic heterocycles. The molecule has 28 rings (SSSR count). The quantitative estimate of drug-likeness (QED) is 0.0939. The van der Waals surface area contributed by atoms with Crippen molar-refractivity contribution in [3.05, 3.63) is 380 Å². The standard InChI is InChI=1S/3C26H18BN.C25H15BF4I2N2.2FH/c1-16-7-6-8-17-15-18-13-14-20-19-9-2-4-11-22(19)28-23-12-5-3-10-21(23)27(24(16)17)25(18)26(20)28;1-16-10-13-21-18(14-16)15-17-11-12-20-19-6-2-4-8-23(19)28-24-9-5-3-7-22(24)27(21)25(17)26(20)28;1-16-10-11-17-15-18-12-13-20-19-6-2-4-8-23(19)28-24-9-5-3-7-21(24)27(22(17)14-16)25(18)26(20)28;27-31(28)33-32(29,30)21-9-5-8-19-18(21)14-15-12-13-17-16-6-1-3-10-22(16)34-23-11-4-2-7-20(23)26(19)24(15)25(17)34;;/h3*2-14H,15H2,1H3;1-13H,14H2;2*1H/p-2. The van der Waals surface area contributed by atoms with Crippen LogP contribution in [0.1, 0.15) is 61.2 Å². The monoisotopic (exact) mass is 1790 g/mol. The topological polar surface area (TPSA) is 32.1 Å². The van der Waals surface area contributed by atoms with Crippen molar-refractivity contribution in [1.82, 2.24) is 18.3 Å². The normalized spacial score (nSPS) is 13.7. The molecular weight excluding hydrogens is 1720 g/mol. The van der Waals surface area contributed by atoms with Gasteiger partial charge in [0.25, 0.3) is 0 Å². The van der Waals surface area contributed by atoms with E-state index in [0.29, 0.717) is 32.1 Å². The van der Waals surface area contributed by atoms with Crippen molar-refractivity contribution < 1.29 is 20.8 Å². The molecule has 120 heavy (non-hydrogen) atoms. The molecule has 16 aromatic carbocycles. The van der Waals surface area contributed by atoms with Crippen LogP contribution in [0.5, 0.6) is 0 Å². The molecular formula is C103H69B4F6I2N5-2. The number of halogens is 8. The second kappa shape index (κ2) is 27.2. The first-order chi connectivity index (χ1) is 57.9. The molecule has 8 aliphatic rings. The van der Waals surface area contributed by atoms with E-state index < -0.39 is 40.6 Å². The Hall–Kier alpha value is -12.2. The van der Waals surface area contributed by atoms with Crippen molar-refractivity contribution in [3.8, 4) is 22.7 Å². The third-order valence-electron chi connectivity index (χ3n) is 27.2. The van der Waals surface area contributed by atoms with Gasteiger partial charge in [0.2, 0.25) is 20.1 Å². The van der Waals surface area contributed by atoms with E-state index in [1.165, 1.54) is 188 Å². The molecule has 8 aliphatic heterocycles. The fourth-order valence-electron chi connectivity index (χ4n) is 22.8. The third kappa shape index (κ3) is 10.2. The maximum atomic E-state index is 15.1. The summed E-state index contributed by atoms with van der Waals surface area (Å²) in [5.74, 6) is 0. The number of fused-ring (bicyclic) bond motifs is 32. The molecule has 0 aliphatic carbocycles. The maximum Gasteiger partial charge on any atom is -1.00 e. The van der Waals surface area contributed by atoms with Crippen LogP contribution in [0.4, 0.5) is 11.4 Å². The van der Waals surface area contributed by atoms with E-state index in [1.54, 1.807) is 6.07 Å². The van der Waals surface area contributed by atoms with Crippen LogP contribution < -0.4 is 75.0 Å². The molecule has 20 aromatic rings. The van der Waals surface area contributed by atoms with Gasteiger partial charge in [-0.1, -0.05) is 233 Å². The molecule has 0 fully saturated rings. The number of benzene rings is 16. The fraction of sp³-hybridized carbons (Fsp3) is 0.0680. The van der Waals surface area contributed by atoms with Gasteiger partial charge >= 0.3 is 209 Å². The summed E-state index contributed by atoms with van der Waals surface area (Å²) in [5, 5.41) is 10.5. The SMILES string of the molecule is Cc1ccc2c(c1)B1c3ccccc3-n3c4ccccc4c4ccc(c1c43)C2.Cc1ccc2c(c1)Cc1ccc3c4ccccc4n4c3c1B2c1ccccc1-4.Cc1cccc2c1B1c3ccccc3-n3c4ccccc4c4ccc(c1c43)C2.FI(F)N=I(F)(F)c1cccc2c1Cc1ccc3c4ccccc4n4c3c1B2c1ccccc1-4.[F-].[F-]. The predicted octanol–water partition coefficient (Wildman–Crippen LogP) is 12.4. The summed E-state index contributed by atoms with van der Waals surface area (Å²) in [6.45, 7) is 7.45. The van der Waals surface area contributed by atoms with Crippen molar-refractivity contribution in [2.45, 2.75) is 46.5 Å². The van der Waals surface area contributed by atoms with Crippen molar-refractivity contribution in [1.29, 1.82) is 0 Å². The van der Waals surface area contributed by atoms with E-state index in [4.69, 9.17) is 0 Å². The van der Waals surface area contributed by atoms with Crippen LogP contribution >= 0.6 is 40.6 Å². The van der Waals surface area contributed by atoms with E-state index >= 15 is 5.72 Å². The van der Waals surface area contributed by atoms with Gasteiger partial charge < -0.3 is 23.1 Å². The van der Waals surface area contributed by atoms with Crippen molar-refractivity contribution in [2.24, 2.45) is 1.36 Å². The summed E-state index contributed by atoms with van der Waals surface area (Å²) in [4.78, 5) is 0. The van der Waals surface area contributed by atoms with E-state index in [1.807, 2.05) is 36.4 Å². The van der Waals surface area contributed by atoms with Crippen molar-refractivity contribution >= 4 is 220 Å². The van der Waals surface area contributed by atoms with Crippen LogP contribution in [0.25, 0.3) is 110 Å². The summed E-state index contributed by atoms with van der Waals surface area (Å²) in [7, 11) is 0. The number of rotatable bonds is 2. The minimum absolute atomic E-state index is 0. The second-order valence-electron chi connectivity index (χ2n) is 33.2. The summed E-state index contributed by atoms with van der Waals surface area (Å²) in [6, 6.07) is 114. The Kier molecular flexibility index (Phi) is 16.5. The molecule has 0 spiro atoms. The van der Waals surface area contributed by atoms with E-state index in [2.05, 4.69) is 307 Å². The Balaban J connectivity index is 0.0000000931. The van der Waals surface area contributed by atoms with Gasteiger partial charge in [0.15, 0.2) is 0 Å². The largest absolute Gasteiger partial charge is 1.00 e. The van der Waals surface area contributed by atoms with Crippen LogP contribution in [0.15, 0.2) is 317 Å². The molecule has 0 atom stereocenters. The van der Waals surface area contributed by atoms with Gasteiger partial charge in [-0.3, -0.25) is 0 Å². The second-order valence-corrected chi connectivity index (χ2v) is 40.6. The van der Waals surface area contributed by atoms with Gasteiger partial charge in [-0.25, -0.2) is 0 Å². The summed E-state index contributed by atoms with van der Waals surface area (Å²) in [5.41, 5.74) is 46.2. The molecule has 5 nitrogen and oxygen atoms in total. The maximum absolute atomic E-state index is 15.1. The zero-order valence-electron chi connectivity index (χ0n) is 65.4. The molecule has 0 unspecified atom stereocenters. The Bertz CT molecular complexity index is 7960. The minimum atomic E-state index is -6.11. The summed E-state index contributed by atoms with van der Waals surface area (Å²) in [6.07, 6.45) is 3.39. The zero-order chi connectivity index (χ0) is 78.4. The van der Waals surface area contributed by atoms with Gasteiger partial charge in [0.05, 0.1) is 16.6 Å². The minimum Gasteiger partial charge on any atom is -1.00 e. The molecule has 0 N–H and O–H groups in total. The first-order valence-corrected chi connectivity index (χ1v) is 47.1. The van der Waals surface area contributed by atoms with Gasteiger partial charge in [-0.15, -0.1) is 0 Å². The van der Waals surface area contributed by atoms with E-state index in [0.717, 1.165) is 68.7 Å². The number of hydrogen-bond acceptors (Lipinski definition) is 1.